The third-order valence-electron chi connectivity index (χ3n) is 4.59. The lowest BCUT2D eigenvalue weighted by atomic mass is 9.94. The molecular formula is C18H23N3O4. The highest BCUT2D eigenvalue weighted by molar-refractivity contribution is 5.73. The number of carbonyl (C=O) groups excluding carboxylic acids is 1. The van der Waals surface area contributed by atoms with Gasteiger partial charge in [0.1, 0.15) is 24.1 Å². The van der Waals surface area contributed by atoms with Gasteiger partial charge in [-0.1, -0.05) is 30.3 Å². The summed E-state index contributed by atoms with van der Waals surface area (Å²) in [6.07, 6.45) is 0.852. The van der Waals surface area contributed by atoms with Crippen LogP contribution in [-0.4, -0.2) is 49.6 Å². The molecule has 4 atom stereocenters. The fourth-order valence-electron chi connectivity index (χ4n) is 3.30. The van der Waals surface area contributed by atoms with Crippen molar-refractivity contribution in [2.24, 2.45) is 0 Å². The van der Waals surface area contributed by atoms with Crippen LogP contribution in [-0.2, 0) is 17.6 Å². The minimum Gasteiger partial charge on any atom is -0.394 e. The fraction of sp³-hybridized carbons (Fsp3) is 0.444. The van der Waals surface area contributed by atoms with Gasteiger partial charge in [-0.3, -0.25) is 4.79 Å². The van der Waals surface area contributed by atoms with Gasteiger partial charge in [0, 0.05) is 13.1 Å². The summed E-state index contributed by atoms with van der Waals surface area (Å²) in [7, 11) is 0. The summed E-state index contributed by atoms with van der Waals surface area (Å²) in [6, 6.07) is 8.52. The monoisotopic (exact) mass is 345 g/mol. The van der Waals surface area contributed by atoms with E-state index in [0.717, 1.165) is 12.1 Å². The van der Waals surface area contributed by atoms with Crippen LogP contribution in [0, 0.1) is 0 Å². The molecule has 25 heavy (non-hydrogen) atoms. The number of carbonyl (C=O) groups is 1. The molecule has 7 nitrogen and oxygen atoms in total. The van der Waals surface area contributed by atoms with Crippen molar-refractivity contribution in [3.05, 3.63) is 53.6 Å². The van der Waals surface area contributed by atoms with Crippen LogP contribution >= 0.6 is 0 Å². The molecular weight excluding hydrogens is 322 g/mol. The van der Waals surface area contributed by atoms with E-state index in [1.807, 2.05) is 30.3 Å². The number of rotatable bonds is 5. The van der Waals surface area contributed by atoms with E-state index in [0.29, 0.717) is 12.2 Å². The summed E-state index contributed by atoms with van der Waals surface area (Å²) in [6.45, 7) is 1.02. The van der Waals surface area contributed by atoms with E-state index >= 15 is 0 Å². The van der Waals surface area contributed by atoms with Crippen molar-refractivity contribution in [1.29, 1.82) is 0 Å². The molecule has 1 amide bonds. The average Bonchev–Trinajstić information content (AvgIpc) is 3.02. The molecule has 2 heterocycles. The molecule has 2 aromatic rings. The van der Waals surface area contributed by atoms with Gasteiger partial charge in [0.2, 0.25) is 5.91 Å². The molecule has 0 spiro atoms. The van der Waals surface area contributed by atoms with Crippen molar-refractivity contribution in [3.63, 3.8) is 0 Å². The number of aryl methyl sites for hydroxylation is 2. The van der Waals surface area contributed by atoms with Crippen LogP contribution in [0.5, 0.6) is 0 Å². The molecule has 1 aliphatic rings. The second kappa shape index (κ2) is 7.35. The molecule has 1 aromatic carbocycles. The smallest absolute Gasteiger partial charge is 0.217 e. The topological polar surface area (TPSA) is 108 Å². The number of benzene rings is 1. The van der Waals surface area contributed by atoms with Gasteiger partial charge >= 0.3 is 0 Å². The highest BCUT2D eigenvalue weighted by atomic mass is 16.3. The zero-order chi connectivity index (χ0) is 18.0. The Morgan fingerprint density at radius 1 is 1.20 bits per heavy atom. The molecule has 0 radical (unpaired) electrons. The summed E-state index contributed by atoms with van der Waals surface area (Å²) < 4.78 is 1.66. The van der Waals surface area contributed by atoms with E-state index in [9.17, 15) is 20.1 Å². The number of nitrogens with zero attached hydrogens (tertiary/aromatic N) is 2. The predicted molar refractivity (Wildman–Crippen MR) is 90.8 cm³/mol. The van der Waals surface area contributed by atoms with E-state index in [4.69, 9.17) is 0 Å². The number of amides is 1. The Morgan fingerprint density at radius 2 is 1.92 bits per heavy atom. The van der Waals surface area contributed by atoms with Crippen LogP contribution in [0.1, 0.15) is 36.1 Å². The standard InChI is InChI=1S/C18H23N3O4/c1-11(23)19-15-17(25)16(24)14(10-22)21-9-13(20-18(15)21)8-7-12-5-3-2-4-6-12/h2-6,9,14-17,22,24-25H,7-8,10H2,1H3,(H,19,23)/t14?,15?,16-,17?/m1/s1. The van der Waals surface area contributed by atoms with E-state index in [1.165, 1.54) is 12.5 Å². The Kier molecular flexibility index (Phi) is 5.17. The summed E-state index contributed by atoms with van der Waals surface area (Å²) in [5.41, 5.74) is 1.97. The maximum absolute atomic E-state index is 11.5. The molecule has 3 unspecified atom stereocenters. The lowest BCUT2D eigenvalue weighted by molar-refractivity contribution is -0.123. The average molecular weight is 345 g/mol. The van der Waals surface area contributed by atoms with Crippen LogP contribution < -0.4 is 5.32 Å². The normalized spacial score (nSPS) is 25.4. The number of aromatic nitrogens is 2. The maximum Gasteiger partial charge on any atom is 0.217 e. The van der Waals surface area contributed by atoms with E-state index in [-0.39, 0.29) is 12.5 Å². The first kappa shape index (κ1) is 17.6. The molecule has 1 aromatic heterocycles. The quantitative estimate of drug-likeness (QED) is 0.615. The Bertz CT molecular complexity index is 731. The first-order valence-corrected chi connectivity index (χ1v) is 8.37. The van der Waals surface area contributed by atoms with Gasteiger partial charge in [0.15, 0.2) is 0 Å². The molecule has 0 aliphatic carbocycles. The Labute approximate surface area is 146 Å². The highest BCUT2D eigenvalue weighted by Gasteiger charge is 2.42. The zero-order valence-corrected chi connectivity index (χ0v) is 14.0. The second-order valence-electron chi connectivity index (χ2n) is 6.39. The zero-order valence-electron chi connectivity index (χ0n) is 14.0. The predicted octanol–water partition coefficient (Wildman–Crippen LogP) is 0.114. The fourth-order valence-corrected chi connectivity index (χ4v) is 3.30. The minimum absolute atomic E-state index is 0.320. The molecule has 0 saturated heterocycles. The lowest BCUT2D eigenvalue weighted by Crippen LogP contribution is -2.51. The Balaban J connectivity index is 1.87. The number of hydrogen-bond donors (Lipinski definition) is 4. The van der Waals surface area contributed by atoms with Gasteiger partial charge in [-0.25, -0.2) is 4.98 Å². The van der Waals surface area contributed by atoms with Gasteiger partial charge in [-0.2, -0.15) is 0 Å². The highest BCUT2D eigenvalue weighted by Crippen LogP contribution is 2.32. The van der Waals surface area contributed by atoms with E-state index in [2.05, 4.69) is 10.3 Å². The van der Waals surface area contributed by atoms with Crippen molar-refractivity contribution in [1.82, 2.24) is 14.9 Å². The van der Waals surface area contributed by atoms with Crippen LogP contribution in [0.25, 0.3) is 0 Å². The van der Waals surface area contributed by atoms with Gasteiger partial charge in [-0.15, -0.1) is 0 Å². The van der Waals surface area contributed by atoms with Crippen molar-refractivity contribution >= 4 is 5.91 Å². The van der Waals surface area contributed by atoms with Gasteiger partial charge in [0.05, 0.1) is 18.3 Å². The number of aliphatic hydroxyl groups excluding tert-OH is 3. The van der Waals surface area contributed by atoms with E-state index < -0.39 is 24.3 Å². The number of imidazole rings is 1. The Morgan fingerprint density at radius 3 is 2.56 bits per heavy atom. The molecule has 4 N–H and O–H groups in total. The van der Waals surface area contributed by atoms with Gasteiger partial charge in [0.25, 0.3) is 0 Å². The first-order valence-electron chi connectivity index (χ1n) is 8.37. The summed E-state index contributed by atoms with van der Waals surface area (Å²) in [5.74, 6) is 0.134. The molecule has 0 saturated carbocycles. The van der Waals surface area contributed by atoms with E-state index in [1.54, 1.807) is 10.8 Å². The van der Waals surface area contributed by atoms with Crippen LogP contribution in [0.15, 0.2) is 36.5 Å². The minimum atomic E-state index is -1.22. The number of nitrogens with one attached hydrogen (secondary N) is 1. The molecule has 3 rings (SSSR count). The molecule has 134 valence electrons. The van der Waals surface area contributed by atoms with Crippen molar-refractivity contribution in [2.75, 3.05) is 6.61 Å². The molecule has 0 bridgehead atoms. The largest absolute Gasteiger partial charge is 0.394 e. The summed E-state index contributed by atoms with van der Waals surface area (Å²) in [5, 5.41) is 32.8. The van der Waals surface area contributed by atoms with Crippen LogP contribution in [0.4, 0.5) is 0 Å². The summed E-state index contributed by atoms with van der Waals surface area (Å²) >= 11 is 0. The maximum atomic E-state index is 11.5. The molecule has 7 heteroatoms. The SMILES string of the molecule is CC(=O)NC1c2nc(CCc3ccccc3)cn2C(CO)[C@@H](O)C1O. The number of hydrogen-bond acceptors (Lipinski definition) is 5. The number of aliphatic hydroxyl groups is 3. The van der Waals surface area contributed by atoms with Crippen molar-refractivity contribution < 1.29 is 20.1 Å². The lowest BCUT2D eigenvalue weighted by Gasteiger charge is -2.37. The van der Waals surface area contributed by atoms with Crippen LogP contribution in [0.2, 0.25) is 0 Å². The third kappa shape index (κ3) is 3.58. The number of fused-ring (bicyclic) bond motifs is 1. The van der Waals surface area contributed by atoms with Crippen molar-refractivity contribution in [3.8, 4) is 0 Å². The Hall–Kier alpha value is -2.22. The van der Waals surface area contributed by atoms with Crippen molar-refractivity contribution in [2.45, 2.75) is 44.1 Å². The molecule has 0 fully saturated rings. The van der Waals surface area contributed by atoms with Gasteiger partial charge < -0.3 is 25.2 Å². The van der Waals surface area contributed by atoms with Crippen LogP contribution in [0.3, 0.4) is 0 Å². The van der Waals surface area contributed by atoms with Gasteiger partial charge in [-0.05, 0) is 18.4 Å². The molecule has 1 aliphatic heterocycles. The third-order valence-corrected chi connectivity index (χ3v) is 4.59. The second-order valence-corrected chi connectivity index (χ2v) is 6.39. The first-order chi connectivity index (χ1) is 12.0. The summed E-state index contributed by atoms with van der Waals surface area (Å²) in [4.78, 5) is 16.0.